The molecule has 0 saturated carbocycles. The third kappa shape index (κ3) is 2.25. The number of nitrogen functional groups attached to an aromatic ring is 1. The van der Waals surface area contributed by atoms with Crippen LogP contribution in [0.1, 0.15) is 18.2 Å². The number of rotatable bonds is 4. The average Bonchev–Trinajstić information content (AvgIpc) is 2.85. The number of aromatic nitrogens is 3. The van der Waals surface area contributed by atoms with Crippen LogP contribution in [0, 0.1) is 0 Å². The fourth-order valence-corrected chi connectivity index (χ4v) is 2.54. The van der Waals surface area contributed by atoms with E-state index in [1.165, 1.54) is 10.9 Å². The molecule has 3 rings (SSSR count). The Bertz CT molecular complexity index is 730. The van der Waals surface area contributed by atoms with Gasteiger partial charge in [-0.15, -0.1) is 0 Å². The van der Waals surface area contributed by atoms with Gasteiger partial charge in [-0.3, -0.25) is 4.68 Å². The molecule has 0 aliphatic carbocycles. The number of aryl methyl sites for hydroxylation is 3. The van der Waals surface area contributed by atoms with E-state index in [4.69, 9.17) is 10.8 Å². The largest absolute Gasteiger partial charge is 0.383 e. The van der Waals surface area contributed by atoms with Crippen LogP contribution in [-0.4, -0.2) is 14.8 Å². The van der Waals surface area contributed by atoms with Crippen molar-refractivity contribution in [2.75, 3.05) is 5.73 Å². The van der Waals surface area contributed by atoms with Gasteiger partial charge in [0.25, 0.3) is 0 Å². The topological polar surface area (TPSA) is 56.7 Å². The number of benzene rings is 1. The van der Waals surface area contributed by atoms with Crippen LogP contribution in [0.3, 0.4) is 0 Å². The predicted octanol–water partition coefficient (Wildman–Crippen LogP) is 2.82. The highest BCUT2D eigenvalue weighted by molar-refractivity contribution is 5.82. The highest BCUT2D eigenvalue weighted by atomic mass is 15.3. The summed E-state index contributed by atoms with van der Waals surface area (Å²) in [7, 11) is 0. The van der Waals surface area contributed by atoms with Gasteiger partial charge in [-0.25, -0.2) is 4.98 Å². The molecule has 0 aliphatic heterocycles. The van der Waals surface area contributed by atoms with E-state index < -0.39 is 0 Å². The average molecular weight is 266 g/mol. The second-order valence-electron chi connectivity index (χ2n) is 4.83. The summed E-state index contributed by atoms with van der Waals surface area (Å²) in [6.07, 6.45) is 3.47. The molecule has 0 bridgehead atoms. The summed E-state index contributed by atoms with van der Waals surface area (Å²) in [6, 6.07) is 12.3. The van der Waals surface area contributed by atoms with Crippen molar-refractivity contribution >= 4 is 16.7 Å². The summed E-state index contributed by atoms with van der Waals surface area (Å²) >= 11 is 0. The zero-order valence-electron chi connectivity index (χ0n) is 11.6. The first kappa shape index (κ1) is 12.7. The molecule has 0 aliphatic rings. The monoisotopic (exact) mass is 266 g/mol. The highest BCUT2D eigenvalue weighted by Gasteiger charge is 2.09. The summed E-state index contributed by atoms with van der Waals surface area (Å²) < 4.78 is 2.05. The van der Waals surface area contributed by atoms with Gasteiger partial charge >= 0.3 is 0 Å². The normalized spacial score (nSPS) is 11.1. The molecule has 0 radical (unpaired) electrons. The fraction of sp³-hybridized carbons (Fsp3) is 0.250. The molecule has 0 atom stereocenters. The Morgan fingerprint density at radius 3 is 2.75 bits per heavy atom. The van der Waals surface area contributed by atoms with Crippen molar-refractivity contribution in [3.05, 3.63) is 53.9 Å². The molecular formula is C16H18N4. The first-order chi connectivity index (χ1) is 9.79. The zero-order chi connectivity index (χ0) is 13.9. The number of hydrogen-bond acceptors (Lipinski definition) is 3. The van der Waals surface area contributed by atoms with E-state index in [1.54, 1.807) is 6.20 Å². The van der Waals surface area contributed by atoms with Crippen LogP contribution in [0.2, 0.25) is 0 Å². The highest BCUT2D eigenvalue weighted by Crippen LogP contribution is 2.20. The minimum absolute atomic E-state index is 0.617. The molecule has 0 amide bonds. The Morgan fingerprint density at radius 1 is 1.10 bits per heavy atom. The molecule has 2 N–H and O–H groups in total. The number of pyridine rings is 1. The first-order valence-corrected chi connectivity index (χ1v) is 6.93. The molecule has 4 nitrogen and oxygen atoms in total. The van der Waals surface area contributed by atoms with Gasteiger partial charge in [0.2, 0.25) is 0 Å². The first-order valence-electron chi connectivity index (χ1n) is 6.93. The van der Waals surface area contributed by atoms with E-state index in [9.17, 15) is 0 Å². The van der Waals surface area contributed by atoms with Crippen LogP contribution in [0.5, 0.6) is 0 Å². The van der Waals surface area contributed by atoms with Gasteiger partial charge in [-0.2, -0.15) is 5.10 Å². The van der Waals surface area contributed by atoms with Crippen molar-refractivity contribution in [1.29, 1.82) is 0 Å². The van der Waals surface area contributed by atoms with Crippen molar-refractivity contribution in [1.82, 2.24) is 14.8 Å². The van der Waals surface area contributed by atoms with Gasteiger partial charge in [-0.1, -0.05) is 24.3 Å². The number of hydrogen-bond donors (Lipinski definition) is 1. The van der Waals surface area contributed by atoms with Gasteiger partial charge in [0.1, 0.15) is 5.82 Å². The molecule has 3 aromatic rings. The lowest BCUT2D eigenvalue weighted by molar-refractivity contribution is 0.666. The molecule has 0 saturated heterocycles. The zero-order valence-corrected chi connectivity index (χ0v) is 11.6. The van der Waals surface area contributed by atoms with Crippen LogP contribution < -0.4 is 5.73 Å². The lowest BCUT2D eigenvalue weighted by Crippen LogP contribution is -2.01. The van der Waals surface area contributed by atoms with Gasteiger partial charge in [-0.05, 0) is 37.5 Å². The quantitative estimate of drug-likeness (QED) is 0.790. The molecule has 20 heavy (non-hydrogen) atoms. The molecule has 1 aromatic carbocycles. The lowest BCUT2D eigenvalue weighted by atomic mass is 10.1. The molecule has 102 valence electrons. The van der Waals surface area contributed by atoms with Crippen LogP contribution in [-0.2, 0) is 19.4 Å². The Hall–Kier alpha value is -2.36. The summed E-state index contributed by atoms with van der Waals surface area (Å²) in [4.78, 5) is 4.13. The molecular weight excluding hydrogens is 248 g/mol. The smallest absolute Gasteiger partial charge is 0.126 e. The maximum Gasteiger partial charge on any atom is 0.126 e. The van der Waals surface area contributed by atoms with E-state index in [2.05, 4.69) is 40.9 Å². The minimum Gasteiger partial charge on any atom is -0.383 e. The molecule has 0 spiro atoms. The van der Waals surface area contributed by atoms with Gasteiger partial charge in [0.05, 0.1) is 11.2 Å². The van der Waals surface area contributed by atoms with Gasteiger partial charge in [0, 0.05) is 18.1 Å². The van der Waals surface area contributed by atoms with Crippen molar-refractivity contribution in [2.45, 2.75) is 26.3 Å². The third-order valence-corrected chi connectivity index (χ3v) is 3.59. The van der Waals surface area contributed by atoms with E-state index in [0.29, 0.717) is 5.82 Å². The molecule has 4 heteroatoms. The van der Waals surface area contributed by atoms with Gasteiger partial charge < -0.3 is 5.73 Å². The predicted molar refractivity (Wildman–Crippen MR) is 81.5 cm³/mol. The number of nitrogens with two attached hydrogens (primary N) is 1. The molecule has 0 unspecified atom stereocenters. The summed E-state index contributed by atoms with van der Waals surface area (Å²) in [5.41, 5.74) is 9.31. The van der Waals surface area contributed by atoms with E-state index in [0.717, 1.165) is 30.6 Å². The maximum absolute atomic E-state index is 5.89. The van der Waals surface area contributed by atoms with E-state index in [-0.39, 0.29) is 0 Å². The van der Waals surface area contributed by atoms with Crippen molar-refractivity contribution in [3.63, 3.8) is 0 Å². The second kappa shape index (κ2) is 5.33. The Labute approximate surface area is 118 Å². The Balaban J connectivity index is 1.90. The molecule has 2 aromatic heterocycles. The van der Waals surface area contributed by atoms with Crippen LogP contribution >= 0.6 is 0 Å². The summed E-state index contributed by atoms with van der Waals surface area (Å²) in [5.74, 6) is 0.617. The van der Waals surface area contributed by atoms with Crippen LogP contribution in [0.4, 0.5) is 5.82 Å². The fourth-order valence-electron chi connectivity index (χ4n) is 2.54. The molecule has 0 fully saturated rings. The molecule has 2 heterocycles. The standard InChI is InChI=1S/C16H18N4/c1-2-20-15-8-4-3-7-13(15)14(19-20)10-9-12-6-5-11-18-16(12)17/h3-8,11H,2,9-10H2,1H3,(H2,17,18). The van der Waals surface area contributed by atoms with Crippen LogP contribution in [0.25, 0.3) is 10.9 Å². The minimum atomic E-state index is 0.617. The van der Waals surface area contributed by atoms with Gasteiger partial charge in [0.15, 0.2) is 0 Å². The van der Waals surface area contributed by atoms with Crippen LogP contribution in [0.15, 0.2) is 42.6 Å². The van der Waals surface area contributed by atoms with Crippen molar-refractivity contribution in [2.24, 2.45) is 0 Å². The lowest BCUT2D eigenvalue weighted by Gasteiger charge is -2.02. The second-order valence-corrected chi connectivity index (χ2v) is 4.83. The number of anilines is 1. The number of para-hydroxylation sites is 1. The number of nitrogens with zero attached hydrogens (tertiary/aromatic N) is 3. The number of fused-ring (bicyclic) bond motifs is 1. The summed E-state index contributed by atoms with van der Waals surface area (Å²) in [5, 5.41) is 5.94. The Morgan fingerprint density at radius 2 is 1.95 bits per heavy atom. The van der Waals surface area contributed by atoms with Crippen molar-refractivity contribution in [3.8, 4) is 0 Å². The SMILES string of the molecule is CCn1nc(CCc2cccnc2N)c2ccccc21. The Kier molecular flexibility index (Phi) is 3.37. The maximum atomic E-state index is 5.89. The third-order valence-electron chi connectivity index (χ3n) is 3.59. The summed E-state index contributed by atoms with van der Waals surface area (Å²) in [6.45, 7) is 3.00. The van der Waals surface area contributed by atoms with E-state index in [1.807, 2.05) is 12.1 Å². The van der Waals surface area contributed by atoms with E-state index >= 15 is 0 Å². The van der Waals surface area contributed by atoms with Crippen molar-refractivity contribution < 1.29 is 0 Å².